The average Bonchev–Trinajstić information content (AvgIpc) is 3.11. The van der Waals surface area contributed by atoms with Crippen molar-refractivity contribution in [3.63, 3.8) is 0 Å². The Balaban J connectivity index is 1.80. The molecule has 2 aliphatic rings. The molecule has 0 heterocycles. The summed E-state index contributed by atoms with van der Waals surface area (Å²) < 4.78 is 5.89. The lowest BCUT2D eigenvalue weighted by Gasteiger charge is -2.36. The van der Waals surface area contributed by atoms with E-state index in [1.807, 2.05) is 0 Å². The number of ether oxygens (including phenoxy) is 1. The second-order valence-electron chi connectivity index (χ2n) is 7.23. The quantitative estimate of drug-likeness (QED) is 0.778. The smallest absolute Gasteiger partial charge is 0.326 e. The number of nitrogens with one attached hydrogen (secondary N) is 1. The van der Waals surface area contributed by atoms with Gasteiger partial charge in [0.05, 0.1) is 12.7 Å². The van der Waals surface area contributed by atoms with Gasteiger partial charge >= 0.3 is 5.97 Å². The first-order valence-corrected chi connectivity index (χ1v) is 7.43. The molecule has 110 valence electrons. The number of carbonyl (C=O) groups is 1. The summed E-state index contributed by atoms with van der Waals surface area (Å²) >= 11 is 0. The topological polar surface area (TPSA) is 58.6 Å². The van der Waals surface area contributed by atoms with Crippen LogP contribution in [-0.2, 0) is 9.53 Å². The van der Waals surface area contributed by atoms with Crippen LogP contribution in [0.2, 0.25) is 0 Å². The van der Waals surface area contributed by atoms with Crippen LogP contribution in [0.5, 0.6) is 0 Å². The van der Waals surface area contributed by atoms with E-state index < -0.39 is 11.5 Å². The van der Waals surface area contributed by atoms with Crippen LogP contribution in [0.1, 0.15) is 59.3 Å². The third-order valence-electron chi connectivity index (χ3n) is 4.47. The lowest BCUT2D eigenvalue weighted by molar-refractivity contribution is -0.148. The molecule has 2 rings (SSSR count). The number of hydrogen-bond donors (Lipinski definition) is 2. The van der Waals surface area contributed by atoms with Crippen molar-refractivity contribution in [3.8, 4) is 0 Å². The van der Waals surface area contributed by atoms with E-state index in [1.54, 1.807) is 6.92 Å². The molecule has 2 aliphatic carbocycles. The molecule has 0 aliphatic heterocycles. The van der Waals surface area contributed by atoms with E-state index in [9.17, 15) is 9.90 Å². The molecule has 4 nitrogen and oxygen atoms in total. The molecule has 1 unspecified atom stereocenters. The molecule has 0 aromatic carbocycles. The first-order valence-electron chi connectivity index (χ1n) is 7.43. The molecule has 0 radical (unpaired) electrons. The Morgan fingerprint density at radius 1 is 1.32 bits per heavy atom. The van der Waals surface area contributed by atoms with Crippen molar-refractivity contribution < 1.29 is 14.6 Å². The van der Waals surface area contributed by atoms with Gasteiger partial charge in [-0.2, -0.15) is 0 Å². The third-order valence-corrected chi connectivity index (χ3v) is 4.47. The van der Waals surface area contributed by atoms with Gasteiger partial charge in [0.1, 0.15) is 5.54 Å². The van der Waals surface area contributed by atoms with Gasteiger partial charge in [0.2, 0.25) is 0 Å². The summed E-state index contributed by atoms with van der Waals surface area (Å²) in [5, 5.41) is 12.6. The molecular formula is C15H27NO3. The Bertz CT molecular complexity index is 328. The maximum absolute atomic E-state index is 11.4. The first kappa shape index (κ1) is 14.8. The van der Waals surface area contributed by atoms with Crippen molar-refractivity contribution in [2.24, 2.45) is 5.41 Å². The van der Waals surface area contributed by atoms with Gasteiger partial charge in [-0.05, 0) is 50.9 Å². The fraction of sp³-hybridized carbons (Fsp3) is 0.933. The molecule has 19 heavy (non-hydrogen) atoms. The molecule has 0 bridgehead atoms. The summed E-state index contributed by atoms with van der Waals surface area (Å²) in [5.41, 5.74) is -0.518. The zero-order valence-electron chi connectivity index (χ0n) is 12.4. The van der Waals surface area contributed by atoms with Gasteiger partial charge in [-0.25, -0.2) is 0 Å². The van der Waals surface area contributed by atoms with E-state index in [-0.39, 0.29) is 12.7 Å². The molecule has 0 aromatic rings. The molecule has 2 saturated carbocycles. The van der Waals surface area contributed by atoms with Gasteiger partial charge in [0.25, 0.3) is 0 Å². The highest BCUT2D eigenvalue weighted by Crippen LogP contribution is 2.36. The van der Waals surface area contributed by atoms with Crippen molar-refractivity contribution >= 4 is 5.97 Å². The van der Waals surface area contributed by atoms with Crippen molar-refractivity contribution in [2.75, 3.05) is 6.61 Å². The molecule has 2 fully saturated rings. The standard InChI is InChI=1S/C15H27NO3/c1-14(2)8-6-12(7-9-14)19-10-15(3,13(17)18)16-11-4-5-11/h11-12,16H,4-10H2,1-3H3,(H,17,18). The summed E-state index contributed by atoms with van der Waals surface area (Å²) in [6, 6.07) is 0.370. The van der Waals surface area contributed by atoms with Gasteiger partial charge in [-0.3, -0.25) is 10.1 Å². The lowest BCUT2D eigenvalue weighted by Crippen LogP contribution is -2.54. The maximum Gasteiger partial charge on any atom is 0.326 e. The van der Waals surface area contributed by atoms with Crippen LogP contribution in [0.25, 0.3) is 0 Å². The predicted molar refractivity (Wildman–Crippen MR) is 74.2 cm³/mol. The largest absolute Gasteiger partial charge is 0.480 e. The summed E-state index contributed by atoms with van der Waals surface area (Å²) in [5.74, 6) is -0.810. The van der Waals surface area contributed by atoms with Crippen LogP contribution in [0.15, 0.2) is 0 Å². The van der Waals surface area contributed by atoms with Crippen molar-refractivity contribution in [1.29, 1.82) is 0 Å². The fourth-order valence-electron chi connectivity index (χ4n) is 2.67. The number of aliphatic carboxylic acids is 1. The van der Waals surface area contributed by atoms with Crippen LogP contribution in [0.3, 0.4) is 0 Å². The molecule has 2 N–H and O–H groups in total. The Morgan fingerprint density at radius 3 is 2.37 bits per heavy atom. The minimum atomic E-state index is -0.936. The van der Waals surface area contributed by atoms with E-state index in [2.05, 4.69) is 19.2 Å². The minimum Gasteiger partial charge on any atom is -0.480 e. The molecule has 0 aromatic heterocycles. The highest BCUT2D eigenvalue weighted by molar-refractivity contribution is 5.78. The SMILES string of the molecule is CC1(C)CCC(OCC(C)(NC2CC2)C(=O)O)CC1. The third kappa shape index (κ3) is 4.18. The number of rotatable bonds is 6. The molecular weight excluding hydrogens is 242 g/mol. The predicted octanol–water partition coefficient (Wildman–Crippen LogP) is 2.57. The van der Waals surface area contributed by atoms with Crippen LogP contribution < -0.4 is 5.32 Å². The van der Waals surface area contributed by atoms with Crippen molar-refractivity contribution in [2.45, 2.75) is 77.0 Å². The second-order valence-corrected chi connectivity index (χ2v) is 7.23. The Labute approximate surface area is 115 Å². The normalized spacial score (nSPS) is 26.9. The maximum atomic E-state index is 11.4. The Morgan fingerprint density at radius 2 is 1.89 bits per heavy atom. The van der Waals surface area contributed by atoms with Gasteiger partial charge in [-0.1, -0.05) is 13.8 Å². The van der Waals surface area contributed by atoms with Gasteiger partial charge in [-0.15, -0.1) is 0 Å². The monoisotopic (exact) mass is 269 g/mol. The van der Waals surface area contributed by atoms with Gasteiger partial charge < -0.3 is 9.84 Å². The summed E-state index contributed by atoms with van der Waals surface area (Å²) in [4.78, 5) is 11.4. The first-order chi connectivity index (χ1) is 8.81. The summed E-state index contributed by atoms with van der Waals surface area (Å²) in [6.07, 6.45) is 6.82. The highest BCUT2D eigenvalue weighted by Gasteiger charge is 2.39. The Hall–Kier alpha value is -0.610. The lowest BCUT2D eigenvalue weighted by atomic mass is 9.76. The summed E-state index contributed by atoms with van der Waals surface area (Å²) in [6.45, 7) is 6.59. The molecule has 0 saturated heterocycles. The highest BCUT2D eigenvalue weighted by atomic mass is 16.5. The molecule has 0 spiro atoms. The molecule has 1 atom stereocenters. The van der Waals surface area contributed by atoms with Gasteiger partial charge in [0, 0.05) is 6.04 Å². The van der Waals surface area contributed by atoms with E-state index in [1.165, 1.54) is 0 Å². The van der Waals surface area contributed by atoms with Crippen molar-refractivity contribution in [3.05, 3.63) is 0 Å². The Kier molecular flexibility index (Phi) is 4.21. The zero-order chi connectivity index (χ0) is 14.1. The van der Waals surface area contributed by atoms with Crippen LogP contribution in [-0.4, -0.2) is 35.4 Å². The molecule has 4 heteroatoms. The van der Waals surface area contributed by atoms with E-state index in [0.29, 0.717) is 11.5 Å². The zero-order valence-corrected chi connectivity index (χ0v) is 12.4. The average molecular weight is 269 g/mol. The van der Waals surface area contributed by atoms with E-state index >= 15 is 0 Å². The summed E-state index contributed by atoms with van der Waals surface area (Å²) in [7, 11) is 0. The number of hydrogen-bond acceptors (Lipinski definition) is 3. The van der Waals surface area contributed by atoms with Crippen molar-refractivity contribution in [1.82, 2.24) is 5.32 Å². The molecule has 0 amide bonds. The fourth-order valence-corrected chi connectivity index (χ4v) is 2.67. The second kappa shape index (κ2) is 5.41. The van der Waals surface area contributed by atoms with Crippen LogP contribution >= 0.6 is 0 Å². The van der Waals surface area contributed by atoms with Crippen LogP contribution in [0, 0.1) is 5.41 Å². The minimum absolute atomic E-state index is 0.229. The number of carboxylic acid groups (broad SMARTS) is 1. The van der Waals surface area contributed by atoms with Gasteiger partial charge in [0.15, 0.2) is 0 Å². The van der Waals surface area contributed by atoms with E-state index in [0.717, 1.165) is 38.5 Å². The van der Waals surface area contributed by atoms with E-state index in [4.69, 9.17) is 4.74 Å². The number of carboxylic acids is 1. The van der Waals surface area contributed by atoms with Crippen LogP contribution in [0.4, 0.5) is 0 Å².